The van der Waals surface area contributed by atoms with E-state index in [1.54, 1.807) is 30.3 Å². The fraction of sp³-hybridized carbons (Fsp3) is 0.0769. The summed E-state index contributed by atoms with van der Waals surface area (Å²) in [7, 11) is -2.50. The maximum Gasteiger partial charge on any atom is 0.267 e. The lowest BCUT2D eigenvalue weighted by Gasteiger charge is -2.21. The van der Waals surface area contributed by atoms with E-state index >= 15 is 0 Å². The van der Waals surface area contributed by atoms with Gasteiger partial charge in [-0.3, -0.25) is 4.31 Å². The summed E-state index contributed by atoms with van der Waals surface area (Å²) in [6.45, 7) is 0. The molecule has 0 unspecified atom stereocenters. The third kappa shape index (κ3) is 2.29. The van der Waals surface area contributed by atoms with Gasteiger partial charge in [-0.1, -0.05) is 12.1 Å². The van der Waals surface area contributed by atoms with Crippen molar-refractivity contribution < 1.29 is 8.42 Å². The summed E-state index contributed by atoms with van der Waals surface area (Å²) >= 11 is 0. The van der Waals surface area contributed by atoms with Gasteiger partial charge >= 0.3 is 0 Å². The molecule has 0 fully saturated rings. The molecule has 2 N–H and O–H groups in total. The van der Waals surface area contributed by atoms with Crippen molar-refractivity contribution in [1.82, 2.24) is 4.98 Å². The quantitative estimate of drug-likeness (QED) is 0.859. The van der Waals surface area contributed by atoms with E-state index in [2.05, 4.69) is 4.98 Å². The van der Waals surface area contributed by atoms with Crippen LogP contribution in [0.5, 0.6) is 0 Å². The first-order chi connectivity index (χ1) is 9.48. The molecule has 6 nitrogen and oxygen atoms in total. The zero-order valence-electron chi connectivity index (χ0n) is 10.7. The molecular formula is C13H12N4O2S. The minimum atomic E-state index is -3.89. The van der Waals surface area contributed by atoms with Crippen LogP contribution in [0.3, 0.4) is 0 Å². The molecule has 1 heterocycles. The van der Waals surface area contributed by atoms with E-state index in [0.717, 1.165) is 4.31 Å². The number of anilines is 2. The van der Waals surface area contributed by atoms with Crippen molar-refractivity contribution in [1.29, 1.82) is 5.26 Å². The van der Waals surface area contributed by atoms with Gasteiger partial charge in [-0.15, -0.1) is 0 Å². The lowest BCUT2D eigenvalue weighted by Crippen LogP contribution is -2.28. The molecule has 0 atom stereocenters. The molecule has 1 aromatic heterocycles. The van der Waals surface area contributed by atoms with Crippen LogP contribution < -0.4 is 10.0 Å². The van der Waals surface area contributed by atoms with Crippen LogP contribution in [0.15, 0.2) is 47.5 Å². The molecule has 0 bridgehead atoms. The molecule has 0 aliphatic carbocycles. The van der Waals surface area contributed by atoms with Gasteiger partial charge < -0.3 is 5.73 Å². The number of pyridine rings is 1. The molecule has 102 valence electrons. The fourth-order valence-electron chi connectivity index (χ4n) is 1.73. The number of aromatic nitrogens is 1. The van der Waals surface area contributed by atoms with Crippen LogP contribution in [-0.2, 0) is 10.0 Å². The van der Waals surface area contributed by atoms with E-state index < -0.39 is 10.0 Å². The zero-order valence-corrected chi connectivity index (χ0v) is 11.5. The highest BCUT2D eigenvalue weighted by Crippen LogP contribution is 2.27. The number of hydrogen-bond acceptors (Lipinski definition) is 5. The second kappa shape index (κ2) is 5.19. The third-order valence-corrected chi connectivity index (χ3v) is 4.59. The van der Waals surface area contributed by atoms with Crippen molar-refractivity contribution in [3.8, 4) is 6.07 Å². The standard InChI is InChI=1S/C13H12N4O2S/c1-17(12-6-3-2-5-10(12)15)20(18,19)13-7-4-8-16-11(13)9-14/h2-8H,15H2,1H3. The van der Waals surface area contributed by atoms with Crippen molar-refractivity contribution in [3.63, 3.8) is 0 Å². The predicted molar refractivity (Wildman–Crippen MR) is 75.4 cm³/mol. The highest BCUT2D eigenvalue weighted by Gasteiger charge is 2.26. The van der Waals surface area contributed by atoms with Crippen LogP contribution in [-0.4, -0.2) is 20.4 Å². The van der Waals surface area contributed by atoms with Gasteiger partial charge in [-0.25, -0.2) is 13.4 Å². The Morgan fingerprint density at radius 3 is 2.60 bits per heavy atom. The summed E-state index contributed by atoms with van der Waals surface area (Å²) in [5, 5.41) is 8.97. The first-order valence-electron chi connectivity index (χ1n) is 5.67. The highest BCUT2D eigenvalue weighted by atomic mass is 32.2. The Morgan fingerprint density at radius 1 is 1.25 bits per heavy atom. The molecule has 2 rings (SSSR count). The largest absolute Gasteiger partial charge is 0.397 e. The molecule has 0 spiro atoms. The van der Waals surface area contributed by atoms with Gasteiger partial charge in [0, 0.05) is 13.2 Å². The molecule has 0 aliphatic heterocycles. The van der Waals surface area contributed by atoms with Gasteiger partial charge in [0.15, 0.2) is 5.69 Å². The zero-order chi connectivity index (χ0) is 14.8. The average Bonchev–Trinajstić information content (AvgIpc) is 2.47. The van der Waals surface area contributed by atoms with Crippen LogP contribution in [0.25, 0.3) is 0 Å². The first kappa shape index (κ1) is 13.8. The minimum Gasteiger partial charge on any atom is -0.397 e. The molecule has 0 amide bonds. The fourth-order valence-corrected chi connectivity index (χ4v) is 3.05. The monoisotopic (exact) mass is 288 g/mol. The van der Waals surface area contributed by atoms with Gasteiger partial charge in [0.1, 0.15) is 11.0 Å². The van der Waals surface area contributed by atoms with Gasteiger partial charge in [-0.2, -0.15) is 5.26 Å². The molecule has 0 saturated carbocycles. The van der Waals surface area contributed by atoms with Crippen molar-refractivity contribution in [2.45, 2.75) is 4.90 Å². The van der Waals surface area contributed by atoms with Crippen molar-refractivity contribution in [2.75, 3.05) is 17.1 Å². The maximum absolute atomic E-state index is 12.5. The number of sulfonamides is 1. The van der Waals surface area contributed by atoms with E-state index in [-0.39, 0.29) is 10.6 Å². The summed E-state index contributed by atoms with van der Waals surface area (Å²) in [5.41, 5.74) is 6.32. The van der Waals surface area contributed by atoms with Gasteiger partial charge in [0.25, 0.3) is 10.0 Å². The Labute approximate surface area is 117 Å². The van der Waals surface area contributed by atoms with Crippen molar-refractivity contribution in [2.24, 2.45) is 0 Å². The summed E-state index contributed by atoms with van der Waals surface area (Å²) in [6.07, 6.45) is 1.37. The average molecular weight is 288 g/mol. The second-order valence-electron chi connectivity index (χ2n) is 3.99. The Bertz CT molecular complexity index is 781. The molecule has 0 saturated heterocycles. The lowest BCUT2D eigenvalue weighted by molar-refractivity contribution is 0.593. The Hall–Kier alpha value is -2.59. The molecule has 7 heteroatoms. The van der Waals surface area contributed by atoms with Crippen LogP contribution in [0.4, 0.5) is 11.4 Å². The topological polar surface area (TPSA) is 100 Å². The van der Waals surface area contributed by atoms with Crippen molar-refractivity contribution >= 4 is 21.4 Å². The number of nitrogen functional groups attached to an aromatic ring is 1. The van der Waals surface area contributed by atoms with E-state index in [1.165, 1.54) is 25.4 Å². The van der Waals surface area contributed by atoms with Gasteiger partial charge in [0.2, 0.25) is 0 Å². The number of hydrogen-bond donors (Lipinski definition) is 1. The Kier molecular flexibility index (Phi) is 3.59. The number of nitrogens with two attached hydrogens (primary N) is 1. The van der Waals surface area contributed by atoms with Gasteiger partial charge in [0.05, 0.1) is 11.4 Å². The minimum absolute atomic E-state index is 0.145. The second-order valence-corrected chi connectivity index (χ2v) is 5.93. The molecular weight excluding hydrogens is 276 g/mol. The number of para-hydroxylation sites is 2. The van der Waals surface area contributed by atoms with E-state index in [4.69, 9.17) is 11.0 Å². The Morgan fingerprint density at radius 2 is 1.95 bits per heavy atom. The predicted octanol–water partition coefficient (Wildman–Crippen LogP) is 1.36. The molecule has 2 aromatic rings. The number of rotatable bonds is 3. The molecule has 0 aliphatic rings. The number of benzene rings is 1. The summed E-state index contributed by atoms with van der Waals surface area (Å²) in [4.78, 5) is 3.62. The summed E-state index contributed by atoms with van der Waals surface area (Å²) < 4.78 is 26.1. The number of nitrogens with zero attached hydrogens (tertiary/aromatic N) is 3. The summed E-state index contributed by atoms with van der Waals surface area (Å²) in [5.74, 6) is 0. The third-order valence-electron chi connectivity index (χ3n) is 2.79. The van der Waals surface area contributed by atoms with E-state index in [9.17, 15) is 8.42 Å². The van der Waals surface area contributed by atoms with Crippen LogP contribution in [0, 0.1) is 11.3 Å². The van der Waals surface area contributed by atoms with Crippen LogP contribution in [0.2, 0.25) is 0 Å². The lowest BCUT2D eigenvalue weighted by atomic mass is 10.3. The van der Waals surface area contributed by atoms with Crippen LogP contribution in [0.1, 0.15) is 5.69 Å². The first-order valence-corrected chi connectivity index (χ1v) is 7.11. The SMILES string of the molecule is CN(c1ccccc1N)S(=O)(=O)c1cccnc1C#N. The van der Waals surface area contributed by atoms with Crippen molar-refractivity contribution in [3.05, 3.63) is 48.3 Å². The normalized spacial score (nSPS) is 10.8. The molecule has 0 radical (unpaired) electrons. The summed E-state index contributed by atoms with van der Waals surface area (Å²) in [6, 6.07) is 11.2. The molecule has 20 heavy (non-hydrogen) atoms. The van der Waals surface area contributed by atoms with E-state index in [0.29, 0.717) is 11.4 Å². The molecule has 1 aromatic carbocycles. The van der Waals surface area contributed by atoms with E-state index in [1.807, 2.05) is 0 Å². The smallest absolute Gasteiger partial charge is 0.267 e. The maximum atomic E-state index is 12.5. The number of nitriles is 1. The van der Waals surface area contributed by atoms with Crippen LogP contribution >= 0.6 is 0 Å². The highest BCUT2D eigenvalue weighted by molar-refractivity contribution is 7.92. The van der Waals surface area contributed by atoms with Gasteiger partial charge in [-0.05, 0) is 24.3 Å². The Balaban J connectivity index is 2.57.